The van der Waals surface area contributed by atoms with E-state index in [1.807, 2.05) is 6.20 Å². The minimum Gasteiger partial charge on any atom is -0.244 e. The van der Waals surface area contributed by atoms with Gasteiger partial charge in [0.2, 0.25) is 0 Å². The maximum atomic E-state index is 4.07. The molecule has 1 aromatic heterocycles. The van der Waals surface area contributed by atoms with Gasteiger partial charge in [-0.3, -0.25) is 0 Å². The van der Waals surface area contributed by atoms with Crippen LogP contribution in [0.3, 0.4) is 0 Å². The molecule has 0 aliphatic carbocycles. The van der Waals surface area contributed by atoms with E-state index in [1.54, 1.807) is 6.33 Å². The Morgan fingerprint density at radius 2 is 2.08 bits per heavy atom. The molecule has 0 radical (unpaired) electrons. The summed E-state index contributed by atoms with van der Waals surface area (Å²) < 4.78 is 0.910. The zero-order chi connectivity index (χ0) is 9.19. The van der Waals surface area contributed by atoms with Crippen LogP contribution in [0.1, 0.15) is 26.3 Å². The largest absolute Gasteiger partial charge is 0.244 e. The summed E-state index contributed by atoms with van der Waals surface area (Å²) in [6.45, 7) is 6.60. The normalized spacial score (nSPS) is 11.7. The molecule has 0 atom stereocenters. The molecule has 0 saturated carbocycles. The SMILES string of the molecule is CC(C)(C)Cc1cncnc1Br. The highest BCUT2D eigenvalue weighted by atomic mass is 79.9. The molecule has 0 unspecified atom stereocenters. The first-order chi connectivity index (χ1) is 5.49. The Morgan fingerprint density at radius 3 is 2.58 bits per heavy atom. The van der Waals surface area contributed by atoms with E-state index in [4.69, 9.17) is 0 Å². The first-order valence-corrected chi connectivity index (χ1v) is 4.73. The van der Waals surface area contributed by atoms with Gasteiger partial charge >= 0.3 is 0 Å². The Kier molecular flexibility index (Phi) is 2.83. The Hall–Kier alpha value is -0.440. The molecule has 0 bridgehead atoms. The molecule has 1 heterocycles. The van der Waals surface area contributed by atoms with Gasteiger partial charge in [-0.1, -0.05) is 20.8 Å². The van der Waals surface area contributed by atoms with Crippen molar-refractivity contribution in [1.29, 1.82) is 0 Å². The Bertz CT molecular complexity index is 265. The Morgan fingerprint density at radius 1 is 1.42 bits per heavy atom. The summed E-state index contributed by atoms with van der Waals surface area (Å²) in [7, 11) is 0. The lowest BCUT2D eigenvalue weighted by Crippen LogP contribution is -2.10. The van der Waals surface area contributed by atoms with Crippen molar-refractivity contribution in [2.45, 2.75) is 27.2 Å². The third-order valence-electron chi connectivity index (χ3n) is 1.45. The fourth-order valence-corrected chi connectivity index (χ4v) is 1.37. The second kappa shape index (κ2) is 3.52. The van der Waals surface area contributed by atoms with Crippen molar-refractivity contribution in [3.63, 3.8) is 0 Å². The summed E-state index contributed by atoms with van der Waals surface area (Å²) in [5.41, 5.74) is 1.46. The smallest absolute Gasteiger partial charge is 0.116 e. The minimum absolute atomic E-state index is 0.285. The van der Waals surface area contributed by atoms with Crippen LogP contribution in [-0.2, 0) is 6.42 Å². The molecule has 66 valence electrons. The summed E-state index contributed by atoms with van der Waals surface area (Å²) >= 11 is 3.40. The summed E-state index contributed by atoms with van der Waals surface area (Å²) in [6, 6.07) is 0. The van der Waals surface area contributed by atoms with Gasteiger partial charge in [-0.25, -0.2) is 9.97 Å². The Balaban J connectivity index is 2.83. The fourth-order valence-electron chi connectivity index (χ4n) is 1.03. The van der Waals surface area contributed by atoms with E-state index in [9.17, 15) is 0 Å². The van der Waals surface area contributed by atoms with Gasteiger partial charge in [0.25, 0.3) is 0 Å². The van der Waals surface area contributed by atoms with Crippen LogP contribution < -0.4 is 0 Å². The molecule has 3 heteroatoms. The molecule has 0 saturated heterocycles. The predicted octanol–water partition coefficient (Wildman–Crippen LogP) is 2.83. The first kappa shape index (κ1) is 9.65. The quantitative estimate of drug-likeness (QED) is 0.692. The van der Waals surface area contributed by atoms with E-state index in [0.717, 1.165) is 11.0 Å². The van der Waals surface area contributed by atoms with E-state index in [2.05, 4.69) is 46.7 Å². The van der Waals surface area contributed by atoms with Crippen LogP contribution in [0.25, 0.3) is 0 Å². The van der Waals surface area contributed by atoms with Crippen LogP contribution in [0.4, 0.5) is 0 Å². The number of halogens is 1. The highest BCUT2D eigenvalue weighted by Gasteiger charge is 2.13. The van der Waals surface area contributed by atoms with Crippen LogP contribution >= 0.6 is 15.9 Å². The van der Waals surface area contributed by atoms with Crippen molar-refractivity contribution in [3.05, 3.63) is 22.7 Å². The summed E-state index contributed by atoms with van der Waals surface area (Å²) in [5.74, 6) is 0. The summed E-state index contributed by atoms with van der Waals surface area (Å²) in [4.78, 5) is 8.06. The third-order valence-corrected chi connectivity index (χ3v) is 2.17. The van der Waals surface area contributed by atoms with E-state index in [0.29, 0.717) is 0 Å². The first-order valence-electron chi connectivity index (χ1n) is 3.93. The van der Waals surface area contributed by atoms with Gasteiger partial charge in [0.05, 0.1) is 0 Å². The van der Waals surface area contributed by atoms with Crippen molar-refractivity contribution >= 4 is 15.9 Å². The maximum absolute atomic E-state index is 4.07. The van der Waals surface area contributed by atoms with Gasteiger partial charge in [0, 0.05) is 11.8 Å². The van der Waals surface area contributed by atoms with E-state index in [-0.39, 0.29) is 5.41 Å². The number of hydrogen-bond donors (Lipinski definition) is 0. The van der Waals surface area contributed by atoms with Crippen molar-refractivity contribution < 1.29 is 0 Å². The number of nitrogens with zero attached hydrogens (tertiary/aromatic N) is 2. The highest BCUT2D eigenvalue weighted by Crippen LogP contribution is 2.23. The van der Waals surface area contributed by atoms with Crippen molar-refractivity contribution in [3.8, 4) is 0 Å². The van der Waals surface area contributed by atoms with Gasteiger partial charge in [-0.15, -0.1) is 0 Å². The van der Waals surface area contributed by atoms with Gasteiger partial charge in [-0.05, 0) is 27.8 Å². The molecule has 0 N–H and O–H groups in total. The standard InChI is InChI=1S/C9H13BrN2/c1-9(2,3)4-7-5-11-6-12-8(7)10/h5-6H,4H2,1-3H3. The molecule has 0 spiro atoms. The van der Waals surface area contributed by atoms with Crippen molar-refractivity contribution in [1.82, 2.24) is 9.97 Å². The number of hydrogen-bond acceptors (Lipinski definition) is 2. The van der Waals surface area contributed by atoms with Crippen molar-refractivity contribution in [2.75, 3.05) is 0 Å². The van der Waals surface area contributed by atoms with Crippen LogP contribution in [0.5, 0.6) is 0 Å². The average molecular weight is 229 g/mol. The van der Waals surface area contributed by atoms with Gasteiger partial charge in [0.15, 0.2) is 0 Å². The van der Waals surface area contributed by atoms with Crippen LogP contribution in [0, 0.1) is 5.41 Å². The molecule has 1 rings (SSSR count). The molecular formula is C9H13BrN2. The van der Waals surface area contributed by atoms with Gasteiger partial charge < -0.3 is 0 Å². The Labute approximate surface area is 81.6 Å². The summed E-state index contributed by atoms with van der Waals surface area (Å²) in [6.07, 6.45) is 4.41. The topological polar surface area (TPSA) is 25.8 Å². The van der Waals surface area contributed by atoms with Crippen LogP contribution in [0.15, 0.2) is 17.1 Å². The lowest BCUT2D eigenvalue weighted by Gasteiger charge is -2.17. The van der Waals surface area contributed by atoms with E-state index >= 15 is 0 Å². The second-order valence-electron chi connectivity index (χ2n) is 4.08. The molecular weight excluding hydrogens is 216 g/mol. The van der Waals surface area contributed by atoms with E-state index < -0.39 is 0 Å². The number of aromatic nitrogens is 2. The van der Waals surface area contributed by atoms with Crippen molar-refractivity contribution in [2.24, 2.45) is 5.41 Å². The van der Waals surface area contributed by atoms with Crippen LogP contribution in [0.2, 0.25) is 0 Å². The summed E-state index contributed by atoms with van der Waals surface area (Å²) in [5, 5.41) is 0. The maximum Gasteiger partial charge on any atom is 0.116 e. The zero-order valence-electron chi connectivity index (χ0n) is 7.63. The van der Waals surface area contributed by atoms with Gasteiger partial charge in [0.1, 0.15) is 10.9 Å². The highest BCUT2D eigenvalue weighted by molar-refractivity contribution is 9.10. The molecule has 2 nitrogen and oxygen atoms in total. The molecule has 0 aliphatic rings. The molecule has 1 aromatic rings. The second-order valence-corrected chi connectivity index (χ2v) is 4.83. The minimum atomic E-state index is 0.285. The third kappa shape index (κ3) is 2.89. The fraction of sp³-hybridized carbons (Fsp3) is 0.556. The average Bonchev–Trinajstić information content (AvgIpc) is 1.91. The molecule has 0 aliphatic heterocycles. The van der Waals surface area contributed by atoms with Gasteiger partial charge in [-0.2, -0.15) is 0 Å². The lowest BCUT2D eigenvalue weighted by molar-refractivity contribution is 0.409. The lowest BCUT2D eigenvalue weighted by atomic mass is 9.89. The van der Waals surface area contributed by atoms with Crippen LogP contribution in [-0.4, -0.2) is 9.97 Å². The number of rotatable bonds is 1. The molecule has 0 fully saturated rings. The predicted molar refractivity (Wildman–Crippen MR) is 52.9 cm³/mol. The molecule has 0 aromatic carbocycles. The monoisotopic (exact) mass is 228 g/mol. The molecule has 0 amide bonds. The zero-order valence-corrected chi connectivity index (χ0v) is 9.22. The van der Waals surface area contributed by atoms with E-state index in [1.165, 1.54) is 5.56 Å². The molecule has 12 heavy (non-hydrogen) atoms.